The van der Waals surface area contributed by atoms with Crippen molar-refractivity contribution in [3.63, 3.8) is 0 Å². The van der Waals surface area contributed by atoms with Gasteiger partial charge >= 0.3 is 0 Å². The van der Waals surface area contributed by atoms with Gasteiger partial charge in [0.15, 0.2) is 0 Å². The highest BCUT2D eigenvalue weighted by molar-refractivity contribution is 7.92. The van der Waals surface area contributed by atoms with E-state index in [4.69, 9.17) is 0 Å². The number of amides is 2. The van der Waals surface area contributed by atoms with Crippen molar-refractivity contribution in [1.82, 2.24) is 10.6 Å². The normalized spacial score (nSPS) is 12.8. The molecule has 9 heteroatoms. The Morgan fingerprint density at radius 3 is 1.94 bits per heavy atom. The van der Waals surface area contributed by atoms with E-state index in [9.17, 15) is 22.8 Å². The van der Waals surface area contributed by atoms with E-state index in [1.165, 1.54) is 25.2 Å². The molecule has 3 aromatic rings. The van der Waals surface area contributed by atoms with Crippen LogP contribution < -0.4 is 14.9 Å². The third kappa shape index (κ3) is 7.02. The van der Waals surface area contributed by atoms with Crippen LogP contribution in [0.4, 0.5) is 5.69 Å². The molecule has 0 saturated heterocycles. The lowest BCUT2D eigenvalue weighted by molar-refractivity contribution is -0.109. The van der Waals surface area contributed by atoms with Crippen molar-refractivity contribution >= 4 is 33.8 Å². The van der Waals surface area contributed by atoms with Crippen LogP contribution in [0, 0.1) is 0 Å². The van der Waals surface area contributed by atoms with E-state index >= 15 is 0 Å². The van der Waals surface area contributed by atoms with Gasteiger partial charge in [0.25, 0.3) is 11.8 Å². The van der Waals surface area contributed by atoms with Crippen molar-refractivity contribution in [2.24, 2.45) is 0 Å². The Bertz CT molecular complexity index is 1330. The van der Waals surface area contributed by atoms with E-state index < -0.39 is 27.9 Å². The zero-order chi connectivity index (χ0) is 26.3. The van der Waals surface area contributed by atoms with Crippen LogP contribution in [0.2, 0.25) is 0 Å². The molecule has 0 aliphatic carbocycles. The summed E-state index contributed by atoms with van der Waals surface area (Å²) in [6.07, 6.45) is 1.97. The highest BCUT2D eigenvalue weighted by Gasteiger charge is 2.21. The number of carbonyl (C=O) groups is 3. The predicted octanol–water partition coefficient (Wildman–Crippen LogP) is 3.11. The van der Waals surface area contributed by atoms with Crippen molar-refractivity contribution in [1.29, 1.82) is 0 Å². The summed E-state index contributed by atoms with van der Waals surface area (Å²) in [6.45, 7) is 1.82. The van der Waals surface area contributed by atoms with E-state index in [2.05, 4.69) is 10.6 Å². The molecule has 0 aliphatic rings. The van der Waals surface area contributed by atoms with Gasteiger partial charge in [0, 0.05) is 18.2 Å². The van der Waals surface area contributed by atoms with Crippen LogP contribution in [-0.4, -0.2) is 45.9 Å². The average molecular weight is 508 g/mol. The van der Waals surface area contributed by atoms with Crippen molar-refractivity contribution in [2.45, 2.75) is 25.4 Å². The van der Waals surface area contributed by atoms with Crippen LogP contribution in [0.25, 0.3) is 0 Å². The zero-order valence-corrected chi connectivity index (χ0v) is 21.2. The van der Waals surface area contributed by atoms with Gasteiger partial charge < -0.3 is 15.4 Å². The molecule has 0 aromatic heterocycles. The number of nitrogens with one attached hydrogen (secondary N) is 2. The third-order valence-electron chi connectivity index (χ3n) is 5.73. The van der Waals surface area contributed by atoms with Crippen molar-refractivity contribution < 1.29 is 22.8 Å². The Morgan fingerprint density at radius 1 is 0.889 bits per heavy atom. The Balaban J connectivity index is 1.89. The topological polar surface area (TPSA) is 113 Å². The number of anilines is 1. The molecule has 0 radical (unpaired) electrons. The molecule has 0 spiro atoms. The Hall–Kier alpha value is -3.98. The van der Waals surface area contributed by atoms with E-state index in [1.807, 2.05) is 67.6 Å². The SMILES string of the molecule is C[C@@H](NC(=O)c1cc(C(=O)N[C@H](C=O)Cc2ccccc2)cc(N(C)S(C)(=O)=O)c1)c1ccccc1. The molecule has 8 nitrogen and oxygen atoms in total. The molecule has 0 aliphatic heterocycles. The number of carbonyl (C=O) groups excluding carboxylic acids is 3. The molecular formula is C27H29N3O5S. The molecule has 188 valence electrons. The molecule has 0 fully saturated rings. The number of sulfonamides is 1. The van der Waals surface area contributed by atoms with Gasteiger partial charge in [0.1, 0.15) is 6.29 Å². The monoisotopic (exact) mass is 507 g/mol. The number of benzene rings is 3. The van der Waals surface area contributed by atoms with Gasteiger partial charge in [0.2, 0.25) is 10.0 Å². The fraction of sp³-hybridized carbons (Fsp3) is 0.222. The van der Waals surface area contributed by atoms with Crippen LogP contribution in [0.3, 0.4) is 0 Å². The van der Waals surface area contributed by atoms with Crippen LogP contribution in [-0.2, 0) is 21.2 Å². The van der Waals surface area contributed by atoms with Crippen molar-refractivity contribution in [3.8, 4) is 0 Å². The van der Waals surface area contributed by atoms with Gasteiger partial charge in [-0.2, -0.15) is 0 Å². The number of hydrogen-bond acceptors (Lipinski definition) is 5. The van der Waals surface area contributed by atoms with Crippen molar-refractivity contribution in [2.75, 3.05) is 17.6 Å². The first kappa shape index (κ1) is 26.6. The van der Waals surface area contributed by atoms with Crippen LogP contribution in [0.15, 0.2) is 78.9 Å². The summed E-state index contributed by atoms with van der Waals surface area (Å²) in [5, 5.41) is 5.54. The number of hydrogen-bond donors (Lipinski definition) is 2. The smallest absolute Gasteiger partial charge is 0.251 e. The summed E-state index contributed by atoms with van der Waals surface area (Å²) >= 11 is 0. The second-order valence-electron chi connectivity index (χ2n) is 8.51. The summed E-state index contributed by atoms with van der Waals surface area (Å²) < 4.78 is 25.3. The second-order valence-corrected chi connectivity index (χ2v) is 10.5. The fourth-order valence-electron chi connectivity index (χ4n) is 3.60. The molecule has 2 amide bonds. The van der Waals surface area contributed by atoms with E-state index in [1.54, 1.807) is 0 Å². The Morgan fingerprint density at radius 2 is 1.42 bits per heavy atom. The summed E-state index contributed by atoms with van der Waals surface area (Å²) in [7, 11) is -2.32. The lowest BCUT2D eigenvalue weighted by Crippen LogP contribution is -2.38. The molecular weight excluding hydrogens is 478 g/mol. The zero-order valence-electron chi connectivity index (χ0n) is 20.3. The number of aldehydes is 1. The highest BCUT2D eigenvalue weighted by Crippen LogP contribution is 2.22. The second kappa shape index (κ2) is 11.6. The lowest BCUT2D eigenvalue weighted by atomic mass is 10.0. The molecule has 2 N–H and O–H groups in total. The van der Waals surface area contributed by atoms with Gasteiger partial charge in [-0.05, 0) is 42.7 Å². The maximum atomic E-state index is 13.1. The average Bonchev–Trinajstić information content (AvgIpc) is 2.88. The molecule has 36 heavy (non-hydrogen) atoms. The molecule has 0 bridgehead atoms. The highest BCUT2D eigenvalue weighted by atomic mass is 32.2. The third-order valence-corrected chi connectivity index (χ3v) is 6.94. The minimum atomic E-state index is -3.66. The van der Waals surface area contributed by atoms with Gasteiger partial charge in [-0.25, -0.2) is 8.42 Å². The van der Waals surface area contributed by atoms with E-state index in [-0.39, 0.29) is 22.9 Å². The van der Waals surface area contributed by atoms with Gasteiger partial charge in [-0.15, -0.1) is 0 Å². The standard InChI is InChI=1S/C27H29N3O5S/c1-19(21-12-8-5-9-13-21)28-26(32)22-15-23(17-25(16-22)30(2)36(3,34)35)27(33)29-24(18-31)14-20-10-6-4-7-11-20/h4-13,15-19,24H,14H2,1-3H3,(H,28,32)(H,29,33)/t19-,24+/m1/s1. The predicted molar refractivity (Wildman–Crippen MR) is 139 cm³/mol. The number of nitrogens with zero attached hydrogens (tertiary/aromatic N) is 1. The minimum absolute atomic E-state index is 0.0559. The molecule has 0 unspecified atom stereocenters. The summed E-state index contributed by atoms with van der Waals surface area (Å²) in [5.41, 5.74) is 2.08. The first-order chi connectivity index (χ1) is 17.1. The quantitative estimate of drug-likeness (QED) is 0.410. The summed E-state index contributed by atoms with van der Waals surface area (Å²) in [6, 6.07) is 21.6. The van der Waals surface area contributed by atoms with Crippen LogP contribution in [0.1, 0.15) is 44.8 Å². The van der Waals surface area contributed by atoms with Crippen LogP contribution >= 0.6 is 0 Å². The minimum Gasteiger partial charge on any atom is -0.346 e. The largest absolute Gasteiger partial charge is 0.346 e. The van der Waals surface area contributed by atoms with Crippen LogP contribution in [0.5, 0.6) is 0 Å². The van der Waals surface area contributed by atoms with Crippen molar-refractivity contribution in [3.05, 3.63) is 101 Å². The Kier molecular flexibility index (Phi) is 8.60. The number of rotatable bonds is 10. The van der Waals surface area contributed by atoms with E-state index in [0.717, 1.165) is 21.7 Å². The maximum absolute atomic E-state index is 13.1. The fourth-order valence-corrected chi connectivity index (χ4v) is 4.09. The molecule has 2 atom stereocenters. The first-order valence-electron chi connectivity index (χ1n) is 11.3. The first-order valence-corrected chi connectivity index (χ1v) is 13.2. The van der Waals surface area contributed by atoms with E-state index in [0.29, 0.717) is 12.7 Å². The Labute approximate surface area is 211 Å². The summed E-state index contributed by atoms with van der Waals surface area (Å²) in [5.74, 6) is -1.07. The molecule has 3 rings (SSSR count). The molecule has 3 aromatic carbocycles. The molecule has 0 heterocycles. The maximum Gasteiger partial charge on any atom is 0.251 e. The molecule has 0 saturated carbocycles. The lowest BCUT2D eigenvalue weighted by Gasteiger charge is -2.20. The summed E-state index contributed by atoms with van der Waals surface area (Å²) in [4.78, 5) is 37.8. The van der Waals surface area contributed by atoms with Gasteiger partial charge in [-0.1, -0.05) is 60.7 Å². The van der Waals surface area contributed by atoms with Gasteiger partial charge in [-0.3, -0.25) is 13.9 Å². The van der Waals surface area contributed by atoms with Gasteiger partial charge in [0.05, 0.1) is 24.0 Å².